The molecule has 2 aromatic heterocycles. The highest BCUT2D eigenvalue weighted by Gasteiger charge is 2.22. The molecule has 1 aliphatic heterocycles. The Hall–Kier alpha value is -2.12. The quantitative estimate of drug-likeness (QED) is 0.742. The van der Waals surface area contributed by atoms with Crippen LogP contribution < -0.4 is 5.76 Å². The van der Waals surface area contributed by atoms with E-state index in [9.17, 15) is 4.79 Å². The van der Waals surface area contributed by atoms with E-state index in [1.165, 1.54) is 0 Å². The van der Waals surface area contributed by atoms with Crippen LogP contribution in [0.25, 0.3) is 22.4 Å². The molecule has 0 amide bonds. The number of aromatic amines is 1. The molecule has 1 N–H and O–H groups in total. The van der Waals surface area contributed by atoms with Crippen molar-refractivity contribution in [3.05, 3.63) is 34.6 Å². The molecular formula is C14H13ClN4O3. The number of imidazole rings is 1. The van der Waals surface area contributed by atoms with Crippen LogP contribution >= 0.6 is 11.6 Å². The number of fused-ring (bicyclic) bond motifs is 1. The molecule has 0 saturated carbocycles. The number of benzene rings is 1. The molecule has 4 rings (SSSR count). The first kappa shape index (κ1) is 13.5. The molecule has 114 valence electrons. The summed E-state index contributed by atoms with van der Waals surface area (Å²) in [6, 6.07) is 5.64. The first-order chi connectivity index (χ1) is 10.7. The minimum absolute atomic E-state index is 0.204. The number of H-pyrrole nitrogens is 1. The third kappa shape index (κ3) is 2.22. The van der Waals surface area contributed by atoms with Gasteiger partial charge in [0.2, 0.25) is 0 Å². The first-order valence-corrected chi connectivity index (χ1v) is 7.51. The van der Waals surface area contributed by atoms with Gasteiger partial charge in [0.25, 0.3) is 0 Å². The Morgan fingerprint density at radius 1 is 1.45 bits per heavy atom. The summed E-state index contributed by atoms with van der Waals surface area (Å²) in [6.07, 6.45) is 1.24. The van der Waals surface area contributed by atoms with Crippen molar-refractivity contribution in [1.29, 1.82) is 0 Å². The molecule has 22 heavy (non-hydrogen) atoms. The third-order valence-corrected chi connectivity index (χ3v) is 4.08. The molecule has 1 aromatic carbocycles. The Balaban J connectivity index is 1.82. The van der Waals surface area contributed by atoms with Crippen molar-refractivity contribution in [2.75, 3.05) is 6.61 Å². The number of rotatable bonds is 4. The topological polar surface area (TPSA) is 85.9 Å². The van der Waals surface area contributed by atoms with Crippen molar-refractivity contribution in [2.24, 2.45) is 0 Å². The molecule has 3 heterocycles. The molecule has 8 heteroatoms. The predicted molar refractivity (Wildman–Crippen MR) is 79.8 cm³/mol. The van der Waals surface area contributed by atoms with Gasteiger partial charge in [-0.15, -0.1) is 11.6 Å². The Morgan fingerprint density at radius 3 is 2.95 bits per heavy atom. The number of hydrogen-bond donors (Lipinski definition) is 1. The summed E-state index contributed by atoms with van der Waals surface area (Å²) in [6.45, 7) is 1.52. The summed E-state index contributed by atoms with van der Waals surface area (Å²) in [7, 11) is 0. The van der Waals surface area contributed by atoms with Crippen molar-refractivity contribution >= 4 is 22.6 Å². The Morgan fingerprint density at radius 2 is 2.32 bits per heavy atom. The van der Waals surface area contributed by atoms with E-state index in [1.807, 2.05) is 18.2 Å². The van der Waals surface area contributed by atoms with Crippen LogP contribution in [0.1, 0.15) is 12.2 Å². The lowest BCUT2D eigenvalue weighted by molar-refractivity contribution is -0.0589. The van der Waals surface area contributed by atoms with Gasteiger partial charge in [-0.1, -0.05) is 5.16 Å². The van der Waals surface area contributed by atoms with Crippen molar-refractivity contribution < 1.29 is 9.26 Å². The lowest BCUT2D eigenvalue weighted by atomic mass is 10.1. The second-order valence-corrected chi connectivity index (χ2v) is 5.47. The smallest absolute Gasteiger partial charge is 0.376 e. The normalized spacial score (nSPS) is 17.8. The average Bonchev–Trinajstić information content (AvgIpc) is 3.05. The monoisotopic (exact) mass is 320 g/mol. The highest BCUT2D eigenvalue weighted by atomic mass is 35.5. The van der Waals surface area contributed by atoms with Crippen LogP contribution in [0, 0.1) is 0 Å². The van der Waals surface area contributed by atoms with Crippen LogP contribution in [0.4, 0.5) is 0 Å². The minimum Gasteiger partial charge on any atom is -0.376 e. The molecule has 1 saturated heterocycles. The van der Waals surface area contributed by atoms with E-state index < -0.39 is 5.76 Å². The maximum Gasteiger partial charge on any atom is 0.439 e. The van der Waals surface area contributed by atoms with E-state index in [4.69, 9.17) is 16.3 Å². The number of nitrogens with zero attached hydrogens (tertiary/aromatic N) is 3. The number of aromatic nitrogens is 4. The van der Waals surface area contributed by atoms with Crippen LogP contribution in [0.15, 0.2) is 27.5 Å². The van der Waals surface area contributed by atoms with Crippen LogP contribution in [-0.4, -0.2) is 32.4 Å². The van der Waals surface area contributed by atoms with Crippen molar-refractivity contribution in [2.45, 2.75) is 24.9 Å². The van der Waals surface area contributed by atoms with Gasteiger partial charge in [-0.05, 0) is 24.6 Å². The van der Waals surface area contributed by atoms with Gasteiger partial charge in [-0.2, -0.15) is 0 Å². The molecule has 1 unspecified atom stereocenters. The van der Waals surface area contributed by atoms with Gasteiger partial charge >= 0.3 is 5.76 Å². The summed E-state index contributed by atoms with van der Waals surface area (Å²) in [5.74, 6) is 0.954. The second-order valence-electron chi connectivity index (χ2n) is 5.20. The van der Waals surface area contributed by atoms with Crippen molar-refractivity contribution in [3.8, 4) is 11.4 Å². The fourth-order valence-corrected chi connectivity index (χ4v) is 2.82. The van der Waals surface area contributed by atoms with Crippen LogP contribution in [0.2, 0.25) is 0 Å². The van der Waals surface area contributed by atoms with E-state index in [2.05, 4.69) is 24.2 Å². The Bertz CT molecular complexity index is 878. The molecule has 0 spiro atoms. The minimum atomic E-state index is -0.576. The zero-order chi connectivity index (χ0) is 15.1. The molecule has 0 radical (unpaired) electrons. The molecule has 0 bridgehead atoms. The maximum atomic E-state index is 11.1. The van der Waals surface area contributed by atoms with Gasteiger partial charge < -0.3 is 9.30 Å². The van der Waals surface area contributed by atoms with E-state index in [1.54, 1.807) is 0 Å². The van der Waals surface area contributed by atoms with Crippen molar-refractivity contribution in [1.82, 2.24) is 19.7 Å². The van der Waals surface area contributed by atoms with Crippen LogP contribution in [0.5, 0.6) is 0 Å². The van der Waals surface area contributed by atoms with E-state index in [-0.39, 0.29) is 6.10 Å². The molecule has 3 aromatic rings. The summed E-state index contributed by atoms with van der Waals surface area (Å²) in [5, 5.41) is 3.71. The predicted octanol–water partition coefficient (Wildman–Crippen LogP) is 1.91. The van der Waals surface area contributed by atoms with Crippen molar-refractivity contribution in [3.63, 3.8) is 0 Å². The largest absolute Gasteiger partial charge is 0.439 e. The van der Waals surface area contributed by atoms with E-state index in [0.29, 0.717) is 11.7 Å². The van der Waals surface area contributed by atoms with Gasteiger partial charge in [-0.25, -0.2) is 9.78 Å². The van der Waals surface area contributed by atoms with Gasteiger partial charge in [0.15, 0.2) is 5.82 Å². The van der Waals surface area contributed by atoms with Gasteiger partial charge in [0, 0.05) is 12.2 Å². The molecule has 1 fully saturated rings. The first-order valence-electron chi connectivity index (χ1n) is 6.97. The second kappa shape index (κ2) is 5.26. The maximum absolute atomic E-state index is 11.1. The molecule has 0 aliphatic carbocycles. The highest BCUT2D eigenvalue weighted by Crippen LogP contribution is 2.25. The third-order valence-electron chi connectivity index (χ3n) is 3.84. The fourth-order valence-electron chi connectivity index (χ4n) is 2.61. The van der Waals surface area contributed by atoms with Gasteiger partial charge in [-0.3, -0.25) is 9.51 Å². The molecular weight excluding hydrogens is 308 g/mol. The van der Waals surface area contributed by atoms with E-state index >= 15 is 0 Å². The standard InChI is InChI=1S/C14H13ClN4O3/c15-6-12-16-10-2-1-8(13-17-14(20)22-18-13)5-11(10)19(12)7-9-3-4-21-9/h1-2,5,9H,3-4,6-7H2,(H,17,18,20). The highest BCUT2D eigenvalue weighted by molar-refractivity contribution is 6.16. The lowest BCUT2D eigenvalue weighted by Gasteiger charge is -2.27. The number of nitrogens with one attached hydrogen (secondary N) is 1. The zero-order valence-electron chi connectivity index (χ0n) is 11.6. The van der Waals surface area contributed by atoms with Crippen LogP contribution in [-0.2, 0) is 17.2 Å². The Labute approximate surface area is 129 Å². The molecule has 1 atom stereocenters. The summed E-state index contributed by atoms with van der Waals surface area (Å²) >= 11 is 6.01. The zero-order valence-corrected chi connectivity index (χ0v) is 12.3. The number of halogens is 1. The summed E-state index contributed by atoms with van der Waals surface area (Å²) in [5.41, 5.74) is 2.55. The number of alkyl halides is 1. The van der Waals surface area contributed by atoms with E-state index in [0.717, 1.165) is 42.0 Å². The van der Waals surface area contributed by atoms with Gasteiger partial charge in [0.1, 0.15) is 5.82 Å². The fraction of sp³-hybridized carbons (Fsp3) is 0.357. The average molecular weight is 321 g/mol. The molecule has 1 aliphatic rings. The number of ether oxygens (including phenoxy) is 1. The summed E-state index contributed by atoms with van der Waals surface area (Å²) in [4.78, 5) is 18.2. The van der Waals surface area contributed by atoms with Crippen LogP contribution in [0.3, 0.4) is 0 Å². The SMILES string of the molecule is O=c1[nH]c(-c2ccc3nc(CCl)n(CC4CCO4)c3c2)no1. The lowest BCUT2D eigenvalue weighted by Crippen LogP contribution is -2.31. The van der Waals surface area contributed by atoms with Gasteiger partial charge in [0.05, 0.1) is 29.6 Å². The number of hydrogen-bond acceptors (Lipinski definition) is 5. The summed E-state index contributed by atoms with van der Waals surface area (Å²) < 4.78 is 12.1. The Kier molecular flexibility index (Phi) is 3.24. The molecule has 7 nitrogen and oxygen atoms in total.